The number of nitrogens with one attached hydrogen (secondary N) is 1. The van der Waals surface area contributed by atoms with Crippen molar-refractivity contribution in [2.24, 2.45) is 5.92 Å². The van der Waals surface area contributed by atoms with E-state index < -0.39 is 0 Å². The molecular formula is C23H29N3O. The van der Waals surface area contributed by atoms with Crippen molar-refractivity contribution < 1.29 is 4.74 Å². The molecule has 1 aliphatic carbocycles. The number of ether oxygens (including phenoxy) is 1. The minimum atomic E-state index is 0.182. The summed E-state index contributed by atoms with van der Waals surface area (Å²) in [6, 6.07) is 17.1. The third-order valence-electron chi connectivity index (χ3n) is 5.35. The zero-order valence-corrected chi connectivity index (χ0v) is 16.5. The van der Waals surface area contributed by atoms with Crippen molar-refractivity contribution >= 4 is 22.7 Å². The maximum Gasteiger partial charge on any atom is 0.208 e. The van der Waals surface area contributed by atoms with Gasteiger partial charge in [0, 0.05) is 11.7 Å². The van der Waals surface area contributed by atoms with E-state index in [1.807, 2.05) is 26.0 Å². The lowest BCUT2D eigenvalue weighted by Crippen LogP contribution is -2.19. The summed E-state index contributed by atoms with van der Waals surface area (Å²) in [5.74, 6) is 2.60. The van der Waals surface area contributed by atoms with Gasteiger partial charge in [-0.05, 0) is 69.0 Å². The summed E-state index contributed by atoms with van der Waals surface area (Å²) in [7, 11) is 0. The van der Waals surface area contributed by atoms with E-state index in [0.29, 0.717) is 6.04 Å². The molecule has 4 rings (SSSR count). The Bertz CT molecular complexity index is 898. The van der Waals surface area contributed by atoms with Gasteiger partial charge in [-0.1, -0.05) is 31.9 Å². The molecule has 3 aromatic rings. The van der Waals surface area contributed by atoms with Gasteiger partial charge in [-0.25, -0.2) is 4.98 Å². The predicted molar refractivity (Wildman–Crippen MR) is 112 cm³/mol. The molecule has 0 amide bonds. The topological polar surface area (TPSA) is 39.1 Å². The van der Waals surface area contributed by atoms with Crippen molar-refractivity contribution in [3.05, 3.63) is 48.5 Å². The Hall–Kier alpha value is -2.49. The zero-order valence-electron chi connectivity index (χ0n) is 16.5. The van der Waals surface area contributed by atoms with Crippen LogP contribution < -0.4 is 10.1 Å². The van der Waals surface area contributed by atoms with E-state index in [9.17, 15) is 0 Å². The molecule has 1 fully saturated rings. The second-order valence-corrected chi connectivity index (χ2v) is 8.04. The highest BCUT2D eigenvalue weighted by molar-refractivity contribution is 5.80. The summed E-state index contributed by atoms with van der Waals surface area (Å²) in [6.07, 6.45) is 5.25. The summed E-state index contributed by atoms with van der Waals surface area (Å²) in [5.41, 5.74) is 3.31. The minimum absolute atomic E-state index is 0.182. The normalized spacial score (nSPS) is 20.1. The highest BCUT2D eigenvalue weighted by Crippen LogP contribution is 2.37. The van der Waals surface area contributed by atoms with Crippen LogP contribution in [0.2, 0.25) is 0 Å². The largest absolute Gasteiger partial charge is 0.491 e. The van der Waals surface area contributed by atoms with E-state index in [-0.39, 0.29) is 6.10 Å². The molecule has 1 unspecified atom stereocenters. The van der Waals surface area contributed by atoms with Gasteiger partial charge in [0.1, 0.15) is 5.75 Å². The van der Waals surface area contributed by atoms with Crippen LogP contribution in [-0.4, -0.2) is 15.7 Å². The van der Waals surface area contributed by atoms with E-state index in [1.54, 1.807) is 0 Å². The van der Waals surface area contributed by atoms with Crippen LogP contribution in [0.3, 0.4) is 0 Å². The average molecular weight is 364 g/mol. The number of hydrogen-bond donors (Lipinski definition) is 1. The molecular weight excluding hydrogens is 334 g/mol. The smallest absolute Gasteiger partial charge is 0.208 e. The second kappa shape index (κ2) is 7.63. The molecule has 0 spiro atoms. The van der Waals surface area contributed by atoms with Crippen LogP contribution in [0, 0.1) is 5.92 Å². The summed E-state index contributed by atoms with van der Waals surface area (Å²) in [4.78, 5) is 4.90. The molecule has 4 heteroatoms. The van der Waals surface area contributed by atoms with E-state index in [4.69, 9.17) is 9.72 Å². The highest BCUT2D eigenvalue weighted by Gasteiger charge is 2.24. The molecule has 1 N–H and O–H groups in total. The first kappa shape index (κ1) is 17.9. The quantitative estimate of drug-likeness (QED) is 0.576. The van der Waals surface area contributed by atoms with Gasteiger partial charge in [-0.3, -0.25) is 0 Å². The van der Waals surface area contributed by atoms with E-state index in [1.165, 1.54) is 31.2 Å². The first-order valence-electron chi connectivity index (χ1n) is 10.1. The molecule has 1 aromatic heterocycles. The van der Waals surface area contributed by atoms with Gasteiger partial charge >= 0.3 is 0 Å². The number of benzene rings is 2. The maximum absolute atomic E-state index is 5.75. The Morgan fingerprint density at radius 1 is 1.07 bits per heavy atom. The summed E-state index contributed by atoms with van der Waals surface area (Å²) in [6.45, 7) is 6.45. The van der Waals surface area contributed by atoms with Crippen LogP contribution in [0.4, 0.5) is 11.6 Å². The van der Waals surface area contributed by atoms with Crippen molar-refractivity contribution in [3.8, 4) is 5.75 Å². The first-order chi connectivity index (χ1) is 13.1. The molecule has 1 heterocycles. The van der Waals surface area contributed by atoms with Crippen molar-refractivity contribution in [3.63, 3.8) is 0 Å². The fraction of sp³-hybridized carbons (Fsp3) is 0.435. The van der Waals surface area contributed by atoms with Gasteiger partial charge in [0.2, 0.25) is 5.95 Å². The lowest BCUT2D eigenvalue weighted by Gasteiger charge is -2.29. The van der Waals surface area contributed by atoms with Crippen LogP contribution in [-0.2, 0) is 0 Å². The van der Waals surface area contributed by atoms with Crippen LogP contribution in [0.1, 0.15) is 52.5 Å². The Morgan fingerprint density at radius 2 is 1.85 bits per heavy atom. The molecule has 2 aromatic carbocycles. The SMILES string of the molecule is CC1CCC[C@H](n2c(Nc3ccc(OC(C)C)cc3)nc3ccccc32)C1. The van der Waals surface area contributed by atoms with Crippen LogP contribution in [0.5, 0.6) is 5.75 Å². The molecule has 142 valence electrons. The number of nitrogens with zero attached hydrogens (tertiary/aromatic N) is 2. The average Bonchev–Trinajstić information content (AvgIpc) is 3.01. The fourth-order valence-corrected chi connectivity index (χ4v) is 4.16. The van der Waals surface area contributed by atoms with Gasteiger partial charge in [-0.2, -0.15) is 0 Å². The summed E-state index contributed by atoms with van der Waals surface area (Å²) < 4.78 is 8.17. The van der Waals surface area contributed by atoms with Gasteiger partial charge < -0.3 is 14.6 Å². The predicted octanol–water partition coefficient (Wildman–Crippen LogP) is 6.32. The van der Waals surface area contributed by atoms with E-state index in [0.717, 1.165) is 28.8 Å². The third-order valence-corrected chi connectivity index (χ3v) is 5.35. The standard InChI is InChI=1S/C23H29N3O/c1-16(2)27-20-13-11-18(12-14-20)24-23-25-21-9-4-5-10-22(21)26(23)19-8-6-7-17(3)15-19/h4-5,9-14,16-17,19H,6-8,15H2,1-3H3,(H,24,25)/t17?,19-/m0/s1. The van der Waals surface area contributed by atoms with Gasteiger partial charge in [-0.15, -0.1) is 0 Å². The summed E-state index contributed by atoms with van der Waals surface area (Å²) >= 11 is 0. The molecule has 0 bridgehead atoms. The second-order valence-electron chi connectivity index (χ2n) is 8.04. The van der Waals surface area contributed by atoms with Crippen molar-refractivity contribution in [1.29, 1.82) is 0 Å². The minimum Gasteiger partial charge on any atom is -0.491 e. The van der Waals surface area contributed by atoms with E-state index >= 15 is 0 Å². The lowest BCUT2D eigenvalue weighted by atomic mass is 9.87. The monoisotopic (exact) mass is 363 g/mol. The molecule has 4 nitrogen and oxygen atoms in total. The Labute approximate surface area is 161 Å². The molecule has 0 saturated heterocycles. The van der Waals surface area contributed by atoms with Crippen molar-refractivity contribution in [1.82, 2.24) is 9.55 Å². The van der Waals surface area contributed by atoms with Crippen LogP contribution in [0.25, 0.3) is 11.0 Å². The van der Waals surface area contributed by atoms with Crippen molar-refractivity contribution in [2.75, 3.05) is 5.32 Å². The van der Waals surface area contributed by atoms with Gasteiger partial charge in [0.05, 0.1) is 17.1 Å². The van der Waals surface area contributed by atoms with E-state index in [2.05, 4.69) is 53.2 Å². The number of anilines is 2. The molecule has 0 aliphatic heterocycles. The maximum atomic E-state index is 5.75. The van der Waals surface area contributed by atoms with Gasteiger partial charge in [0.15, 0.2) is 0 Å². The molecule has 1 saturated carbocycles. The lowest BCUT2D eigenvalue weighted by molar-refractivity contribution is 0.242. The number of hydrogen-bond acceptors (Lipinski definition) is 3. The number of para-hydroxylation sites is 2. The number of aromatic nitrogens is 2. The highest BCUT2D eigenvalue weighted by atomic mass is 16.5. The third kappa shape index (κ3) is 3.95. The number of imidazole rings is 1. The fourth-order valence-electron chi connectivity index (χ4n) is 4.16. The van der Waals surface area contributed by atoms with Crippen LogP contribution >= 0.6 is 0 Å². The molecule has 27 heavy (non-hydrogen) atoms. The zero-order chi connectivity index (χ0) is 18.8. The van der Waals surface area contributed by atoms with Gasteiger partial charge in [0.25, 0.3) is 0 Å². The Morgan fingerprint density at radius 3 is 2.59 bits per heavy atom. The molecule has 1 aliphatic rings. The Kier molecular flexibility index (Phi) is 5.06. The number of rotatable bonds is 5. The molecule has 0 radical (unpaired) electrons. The first-order valence-corrected chi connectivity index (χ1v) is 10.1. The van der Waals surface area contributed by atoms with Crippen molar-refractivity contribution in [2.45, 2.75) is 58.6 Å². The summed E-state index contributed by atoms with van der Waals surface area (Å²) in [5, 5.41) is 3.55. The Balaban J connectivity index is 1.65. The van der Waals surface area contributed by atoms with Crippen LogP contribution in [0.15, 0.2) is 48.5 Å². The number of fused-ring (bicyclic) bond motifs is 1. The molecule has 2 atom stereocenters.